The van der Waals surface area contributed by atoms with Crippen molar-refractivity contribution in [2.45, 2.75) is 19.8 Å². The third-order valence-corrected chi connectivity index (χ3v) is 4.83. The Bertz CT molecular complexity index is 1150. The maximum absolute atomic E-state index is 12.4. The average Bonchev–Trinajstić information content (AvgIpc) is 3.11. The molecule has 0 aliphatic carbocycles. The van der Waals surface area contributed by atoms with E-state index in [4.69, 9.17) is 0 Å². The third-order valence-electron chi connectivity index (χ3n) is 4.40. The van der Waals surface area contributed by atoms with Gasteiger partial charge in [0, 0.05) is 22.6 Å². The molecule has 1 amide bonds. The molecule has 0 saturated heterocycles. The van der Waals surface area contributed by atoms with E-state index in [0.717, 1.165) is 15.7 Å². The number of hydrogen-bond donors (Lipinski definition) is 1. The van der Waals surface area contributed by atoms with Gasteiger partial charge in [0.05, 0.1) is 11.3 Å². The van der Waals surface area contributed by atoms with Crippen LogP contribution in [0.4, 0.5) is 5.69 Å². The van der Waals surface area contributed by atoms with Gasteiger partial charge in [-0.25, -0.2) is 0 Å². The summed E-state index contributed by atoms with van der Waals surface area (Å²) in [6, 6.07) is 15.4. The number of hydrogen-bond acceptors (Lipinski definition) is 4. The lowest BCUT2D eigenvalue weighted by Gasteiger charge is -2.05. The minimum atomic E-state index is -0.232. The topological polar surface area (TPSA) is 72.7 Å². The van der Waals surface area contributed by atoms with Crippen LogP contribution in [0.2, 0.25) is 0 Å². The van der Waals surface area contributed by atoms with Gasteiger partial charge >= 0.3 is 0 Å². The number of nitrogens with one attached hydrogen (secondary N) is 1. The van der Waals surface area contributed by atoms with Crippen LogP contribution >= 0.6 is 15.9 Å². The molecule has 0 bridgehead atoms. The first kappa shape index (κ1) is 18.3. The summed E-state index contributed by atoms with van der Waals surface area (Å²) >= 11 is 3.32. The van der Waals surface area contributed by atoms with Crippen molar-refractivity contribution in [3.63, 3.8) is 0 Å². The summed E-state index contributed by atoms with van der Waals surface area (Å²) in [4.78, 5) is 18.0. The summed E-state index contributed by atoms with van der Waals surface area (Å²) in [5, 5.41) is 11.9. The van der Waals surface area contributed by atoms with E-state index in [1.807, 2.05) is 30.3 Å². The lowest BCUT2D eigenvalue weighted by Crippen LogP contribution is -2.12. The zero-order chi connectivity index (χ0) is 19.7. The van der Waals surface area contributed by atoms with Crippen molar-refractivity contribution in [3.8, 4) is 5.69 Å². The average molecular weight is 436 g/mol. The molecule has 6 nitrogen and oxygen atoms in total. The summed E-state index contributed by atoms with van der Waals surface area (Å²) in [5.41, 5.74) is 4.76. The molecule has 2 aromatic carbocycles. The van der Waals surface area contributed by atoms with Gasteiger partial charge in [-0.05, 0) is 63.8 Å². The maximum atomic E-state index is 12.4. The van der Waals surface area contributed by atoms with Crippen LogP contribution in [0, 0.1) is 0 Å². The van der Waals surface area contributed by atoms with Crippen molar-refractivity contribution in [2.24, 2.45) is 0 Å². The van der Waals surface area contributed by atoms with Gasteiger partial charge in [-0.3, -0.25) is 9.78 Å². The molecule has 0 saturated carbocycles. The van der Waals surface area contributed by atoms with E-state index in [0.29, 0.717) is 22.7 Å². The number of carbonyl (C=O) groups excluding carboxylic acids is 1. The van der Waals surface area contributed by atoms with Crippen LogP contribution in [0.15, 0.2) is 65.4 Å². The minimum absolute atomic E-state index is 0.232. The van der Waals surface area contributed by atoms with Crippen LogP contribution in [-0.2, 0) is 0 Å². The van der Waals surface area contributed by atoms with Crippen molar-refractivity contribution in [2.75, 3.05) is 5.32 Å². The highest BCUT2D eigenvalue weighted by atomic mass is 79.9. The number of nitrogens with zero attached hydrogens (tertiary/aromatic N) is 4. The van der Waals surface area contributed by atoms with Crippen molar-refractivity contribution < 1.29 is 4.79 Å². The Morgan fingerprint density at radius 1 is 1.00 bits per heavy atom. The quantitative estimate of drug-likeness (QED) is 0.491. The molecule has 1 N–H and O–H groups in total. The van der Waals surface area contributed by atoms with Crippen molar-refractivity contribution in [1.29, 1.82) is 0 Å². The molecule has 0 fully saturated rings. The Hall–Kier alpha value is -3.06. The molecule has 0 radical (unpaired) electrons. The molecule has 140 valence electrons. The highest BCUT2D eigenvalue weighted by Gasteiger charge is 2.10. The second-order valence-corrected chi connectivity index (χ2v) is 7.70. The number of amides is 1. The number of pyridine rings is 1. The predicted molar refractivity (Wildman–Crippen MR) is 113 cm³/mol. The molecule has 0 spiro atoms. The first-order chi connectivity index (χ1) is 13.5. The van der Waals surface area contributed by atoms with Crippen molar-refractivity contribution in [1.82, 2.24) is 20.0 Å². The van der Waals surface area contributed by atoms with Gasteiger partial charge in [-0.2, -0.15) is 4.80 Å². The number of halogens is 1. The van der Waals surface area contributed by atoms with E-state index in [2.05, 4.69) is 62.4 Å². The van der Waals surface area contributed by atoms with Gasteiger partial charge in [-0.1, -0.05) is 26.0 Å². The van der Waals surface area contributed by atoms with Gasteiger partial charge in [0.25, 0.3) is 5.91 Å². The van der Waals surface area contributed by atoms with Crippen LogP contribution < -0.4 is 5.32 Å². The first-order valence-electron chi connectivity index (χ1n) is 8.89. The fourth-order valence-corrected chi connectivity index (χ4v) is 3.20. The van der Waals surface area contributed by atoms with Crippen LogP contribution in [0.1, 0.15) is 35.7 Å². The molecule has 7 heteroatoms. The van der Waals surface area contributed by atoms with Gasteiger partial charge < -0.3 is 5.32 Å². The molecule has 0 aliphatic rings. The van der Waals surface area contributed by atoms with E-state index >= 15 is 0 Å². The second kappa shape index (κ2) is 7.52. The van der Waals surface area contributed by atoms with E-state index in [1.165, 1.54) is 11.8 Å². The summed E-state index contributed by atoms with van der Waals surface area (Å²) < 4.78 is 0.752. The lowest BCUT2D eigenvalue weighted by atomic mass is 10.0. The Kier molecular flexibility index (Phi) is 4.92. The largest absolute Gasteiger partial charge is 0.322 e. The smallest absolute Gasteiger partial charge is 0.257 e. The Morgan fingerprint density at radius 3 is 2.46 bits per heavy atom. The normalized spacial score (nSPS) is 11.1. The highest BCUT2D eigenvalue weighted by molar-refractivity contribution is 9.10. The number of aromatic nitrogens is 4. The van der Waals surface area contributed by atoms with E-state index in [-0.39, 0.29) is 5.91 Å². The highest BCUT2D eigenvalue weighted by Crippen LogP contribution is 2.20. The van der Waals surface area contributed by atoms with Gasteiger partial charge in [0.1, 0.15) is 11.0 Å². The zero-order valence-electron chi connectivity index (χ0n) is 15.4. The van der Waals surface area contributed by atoms with Gasteiger partial charge in [0.2, 0.25) is 0 Å². The van der Waals surface area contributed by atoms with Gasteiger partial charge in [0.15, 0.2) is 0 Å². The summed E-state index contributed by atoms with van der Waals surface area (Å²) in [7, 11) is 0. The maximum Gasteiger partial charge on any atom is 0.257 e. The Labute approximate surface area is 170 Å². The van der Waals surface area contributed by atoms with Crippen molar-refractivity contribution >= 4 is 38.6 Å². The molecule has 4 aromatic rings. The SMILES string of the molecule is CC(C)c1ccc(-n2nc3ccc(NC(=O)c4cncc(Br)c4)cc3n2)cc1. The molecule has 0 unspecified atom stereocenters. The van der Waals surface area contributed by atoms with Crippen molar-refractivity contribution in [3.05, 3.63) is 76.5 Å². The first-order valence-corrected chi connectivity index (χ1v) is 9.68. The van der Waals surface area contributed by atoms with E-state index in [9.17, 15) is 4.79 Å². The minimum Gasteiger partial charge on any atom is -0.322 e. The zero-order valence-corrected chi connectivity index (χ0v) is 17.0. The summed E-state index contributed by atoms with van der Waals surface area (Å²) in [6.45, 7) is 4.32. The fraction of sp³-hybridized carbons (Fsp3) is 0.143. The number of fused-ring (bicyclic) bond motifs is 1. The number of rotatable bonds is 4. The Balaban J connectivity index is 1.58. The van der Waals surface area contributed by atoms with Crippen LogP contribution in [0.5, 0.6) is 0 Å². The number of anilines is 1. The standard InChI is InChI=1S/C21H18BrN5O/c1-13(2)14-3-6-18(7-4-14)27-25-19-8-5-17(10-20(19)26-27)24-21(28)15-9-16(22)12-23-11-15/h3-13H,1-2H3,(H,24,28). The summed E-state index contributed by atoms with van der Waals surface area (Å²) in [6.07, 6.45) is 3.16. The molecule has 4 rings (SSSR count). The van der Waals surface area contributed by atoms with Crippen LogP contribution in [0.3, 0.4) is 0 Å². The molecular formula is C21H18BrN5O. The van der Waals surface area contributed by atoms with Crippen LogP contribution in [0.25, 0.3) is 16.7 Å². The number of carbonyl (C=O) groups is 1. The van der Waals surface area contributed by atoms with E-state index in [1.54, 1.807) is 17.1 Å². The van der Waals surface area contributed by atoms with Crippen LogP contribution in [-0.4, -0.2) is 25.9 Å². The second-order valence-electron chi connectivity index (χ2n) is 6.79. The monoisotopic (exact) mass is 435 g/mol. The Morgan fingerprint density at radius 2 is 1.75 bits per heavy atom. The third kappa shape index (κ3) is 3.80. The predicted octanol–water partition coefficient (Wildman–Crippen LogP) is 4.95. The number of benzene rings is 2. The molecule has 28 heavy (non-hydrogen) atoms. The molecular weight excluding hydrogens is 418 g/mol. The lowest BCUT2D eigenvalue weighted by molar-refractivity contribution is 0.102. The molecule has 0 atom stereocenters. The summed E-state index contributed by atoms with van der Waals surface area (Å²) in [5.74, 6) is 0.245. The molecule has 2 heterocycles. The molecule has 0 aliphatic heterocycles. The van der Waals surface area contributed by atoms with Gasteiger partial charge in [-0.15, -0.1) is 10.2 Å². The fourth-order valence-electron chi connectivity index (χ4n) is 2.84. The molecule has 2 aromatic heterocycles. The van der Waals surface area contributed by atoms with E-state index < -0.39 is 0 Å².